The van der Waals surface area contributed by atoms with Crippen LogP contribution in [0.25, 0.3) is 10.9 Å². The minimum atomic E-state index is -0.0606. The minimum Gasteiger partial charge on any atom is -0.354 e. The standard InChI is InChI=1S/C18H22N4O2/c1-12(2)21-17(23)13-5-8-22(9-6-13)18(24)15-11-19-10-14-4-3-7-20-16(14)15/h3-4,7,10-13H,5-6,8-9H2,1-2H3,(H,21,23). The van der Waals surface area contributed by atoms with Crippen LogP contribution in [-0.4, -0.2) is 45.8 Å². The van der Waals surface area contributed by atoms with E-state index in [2.05, 4.69) is 15.3 Å². The summed E-state index contributed by atoms with van der Waals surface area (Å²) in [5.41, 5.74) is 1.20. The van der Waals surface area contributed by atoms with Crippen molar-refractivity contribution in [2.45, 2.75) is 32.7 Å². The Morgan fingerprint density at radius 3 is 2.71 bits per heavy atom. The zero-order valence-electron chi connectivity index (χ0n) is 14.0. The van der Waals surface area contributed by atoms with E-state index in [-0.39, 0.29) is 23.8 Å². The van der Waals surface area contributed by atoms with Gasteiger partial charge in [-0.25, -0.2) is 0 Å². The molecule has 6 nitrogen and oxygen atoms in total. The van der Waals surface area contributed by atoms with E-state index < -0.39 is 0 Å². The molecule has 0 unspecified atom stereocenters. The number of nitrogens with one attached hydrogen (secondary N) is 1. The lowest BCUT2D eigenvalue weighted by molar-refractivity contribution is -0.126. The van der Waals surface area contributed by atoms with Crippen molar-refractivity contribution in [1.29, 1.82) is 0 Å². The number of carbonyl (C=O) groups is 2. The molecule has 3 heterocycles. The molecule has 0 aromatic carbocycles. The molecule has 1 fully saturated rings. The first kappa shape index (κ1) is 16.4. The van der Waals surface area contributed by atoms with Crippen molar-refractivity contribution in [3.63, 3.8) is 0 Å². The first-order valence-corrected chi connectivity index (χ1v) is 8.34. The molecule has 0 aliphatic carbocycles. The Labute approximate surface area is 141 Å². The van der Waals surface area contributed by atoms with Crippen LogP contribution in [0, 0.1) is 5.92 Å². The van der Waals surface area contributed by atoms with Crippen molar-refractivity contribution in [1.82, 2.24) is 20.2 Å². The average molecular weight is 326 g/mol. The summed E-state index contributed by atoms with van der Waals surface area (Å²) < 4.78 is 0. The molecule has 1 N–H and O–H groups in total. The van der Waals surface area contributed by atoms with Gasteiger partial charge in [0.15, 0.2) is 0 Å². The van der Waals surface area contributed by atoms with E-state index in [1.807, 2.05) is 26.0 Å². The number of hydrogen-bond donors (Lipinski definition) is 1. The van der Waals surface area contributed by atoms with Crippen LogP contribution in [0.5, 0.6) is 0 Å². The summed E-state index contributed by atoms with van der Waals surface area (Å²) in [7, 11) is 0. The molecule has 0 atom stereocenters. The Kier molecular flexibility index (Phi) is 4.74. The van der Waals surface area contributed by atoms with Gasteiger partial charge in [0.25, 0.3) is 5.91 Å². The van der Waals surface area contributed by atoms with Crippen LogP contribution in [0.1, 0.15) is 37.0 Å². The molecule has 0 saturated carbocycles. The van der Waals surface area contributed by atoms with E-state index in [1.165, 1.54) is 0 Å². The second kappa shape index (κ2) is 6.95. The van der Waals surface area contributed by atoms with Gasteiger partial charge in [0.05, 0.1) is 11.1 Å². The molecule has 3 rings (SSSR count). The van der Waals surface area contributed by atoms with Gasteiger partial charge in [-0.1, -0.05) is 0 Å². The SMILES string of the molecule is CC(C)NC(=O)C1CCN(C(=O)c2cncc3cccnc23)CC1. The van der Waals surface area contributed by atoms with E-state index in [0.29, 0.717) is 37.0 Å². The maximum Gasteiger partial charge on any atom is 0.257 e. The molecule has 126 valence electrons. The maximum atomic E-state index is 12.8. The molecule has 1 aliphatic rings. The second-order valence-corrected chi connectivity index (χ2v) is 6.49. The number of hydrogen-bond acceptors (Lipinski definition) is 4. The topological polar surface area (TPSA) is 75.2 Å². The fourth-order valence-electron chi connectivity index (χ4n) is 3.07. The van der Waals surface area contributed by atoms with Gasteiger partial charge in [0.1, 0.15) is 0 Å². The van der Waals surface area contributed by atoms with Crippen LogP contribution in [0.2, 0.25) is 0 Å². The number of rotatable bonds is 3. The molecule has 0 radical (unpaired) electrons. The molecule has 1 saturated heterocycles. The van der Waals surface area contributed by atoms with Gasteiger partial charge in [0, 0.05) is 49.0 Å². The van der Waals surface area contributed by atoms with Gasteiger partial charge >= 0.3 is 0 Å². The predicted octanol–water partition coefficient (Wildman–Crippen LogP) is 2.01. The summed E-state index contributed by atoms with van der Waals surface area (Å²) >= 11 is 0. The molecule has 6 heteroatoms. The molecular weight excluding hydrogens is 304 g/mol. The lowest BCUT2D eigenvalue weighted by atomic mass is 9.95. The highest BCUT2D eigenvalue weighted by Gasteiger charge is 2.28. The first-order chi connectivity index (χ1) is 11.6. The van der Waals surface area contributed by atoms with E-state index in [4.69, 9.17) is 0 Å². The van der Waals surface area contributed by atoms with Crippen LogP contribution in [0.4, 0.5) is 0 Å². The Hall–Kier alpha value is -2.50. The fourth-order valence-corrected chi connectivity index (χ4v) is 3.07. The smallest absolute Gasteiger partial charge is 0.257 e. The normalized spacial score (nSPS) is 15.7. The molecule has 2 aromatic heterocycles. The van der Waals surface area contributed by atoms with Crippen molar-refractivity contribution in [3.05, 3.63) is 36.3 Å². The van der Waals surface area contributed by atoms with Crippen molar-refractivity contribution < 1.29 is 9.59 Å². The third kappa shape index (κ3) is 3.37. The Balaban J connectivity index is 1.70. The molecule has 2 aromatic rings. The van der Waals surface area contributed by atoms with Crippen LogP contribution in [0.3, 0.4) is 0 Å². The third-order valence-corrected chi connectivity index (χ3v) is 4.33. The molecule has 1 aliphatic heterocycles. The van der Waals surface area contributed by atoms with Crippen LogP contribution >= 0.6 is 0 Å². The van der Waals surface area contributed by atoms with Crippen molar-refractivity contribution in [3.8, 4) is 0 Å². The Morgan fingerprint density at radius 2 is 2.00 bits per heavy atom. The summed E-state index contributed by atoms with van der Waals surface area (Å²) in [6.07, 6.45) is 6.35. The summed E-state index contributed by atoms with van der Waals surface area (Å²) in [6.45, 7) is 5.07. The first-order valence-electron chi connectivity index (χ1n) is 8.34. The highest BCUT2D eigenvalue weighted by molar-refractivity contribution is 6.04. The van der Waals surface area contributed by atoms with Crippen molar-refractivity contribution in [2.24, 2.45) is 5.92 Å². The zero-order valence-corrected chi connectivity index (χ0v) is 14.0. The number of fused-ring (bicyclic) bond motifs is 1. The number of carbonyl (C=O) groups excluding carboxylic acids is 2. The lowest BCUT2D eigenvalue weighted by Gasteiger charge is -2.31. The fraction of sp³-hybridized carbons (Fsp3) is 0.444. The largest absolute Gasteiger partial charge is 0.354 e. The number of likely N-dealkylation sites (tertiary alicyclic amines) is 1. The van der Waals surface area contributed by atoms with Gasteiger partial charge in [-0.3, -0.25) is 19.6 Å². The average Bonchev–Trinajstić information content (AvgIpc) is 2.60. The van der Waals surface area contributed by atoms with Gasteiger partial charge in [0.2, 0.25) is 5.91 Å². The highest BCUT2D eigenvalue weighted by Crippen LogP contribution is 2.22. The summed E-state index contributed by atoms with van der Waals surface area (Å²) in [5.74, 6) is 0.0142. The van der Waals surface area contributed by atoms with E-state index in [9.17, 15) is 9.59 Å². The summed E-state index contributed by atoms with van der Waals surface area (Å²) in [5, 5.41) is 3.81. The molecule has 0 bridgehead atoms. The molecular formula is C18H22N4O2. The Morgan fingerprint density at radius 1 is 1.25 bits per heavy atom. The van der Waals surface area contributed by atoms with Gasteiger partial charge in [-0.05, 0) is 38.8 Å². The van der Waals surface area contributed by atoms with E-state index in [0.717, 1.165) is 5.39 Å². The minimum absolute atomic E-state index is 0.0137. The van der Waals surface area contributed by atoms with E-state index >= 15 is 0 Å². The van der Waals surface area contributed by atoms with Crippen LogP contribution < -0.4 is 5.32 Å². The quantitative estimate of drug-likeness (QED) is 0.936. The van der Waals surface area contributed by atoms with Gasteiger partial charge in [-0.15, -0.1) is 0 Å². The summed E-state index contributed by atoms with van der Waals surface area (Å²) in [6, 6.07) is 3.87. The van der Waals surface area contributed by atoms with Crippen molar-refractivity contribution in [2.75, 3.05) is 13.1 Å². The van der Waals surface area contributed by atoms with Gasteiger partial charge < -0.3 is 10.2 Å². The zero-order chi connectivity index (χ0) is 17.1. The summed E-state index contributed by atoms with van der Waals surface area (Å²) in [4.78, 5) is 35.2. The molecule has 24 heavy (non-hydrogen) atoms. The monoisotopic (exact) mass is 326 g/mol. The van der Waals surface area contributed by atoms with E-state index in [1.54, 1.807) is 23.5 Å². The Bertz CT molecular complexity index is 746. The van der Waals surface area contributed by atoms with Crippen LogP contribution in [-0.2, 0) is 4.79 Å². The molecule has 0 spiro atoms. The highest BCUT2D eigenvalue weighted by atomic mass is 16.2. The van der Waals surface area contributed by atoms with Gasteiger partial charge in [-0.2, -0.15) is 0 Å². The number of pyridine rings is 2. The second-order valence-electron chi connectivity index (χ2n) is 6.49. The third-order valence-electron chi connectivity index (χ3n) is 4.33. The van der Waals surface area contributed by atoms with Crippen LogP contribution in [0.15, 0.2) is 30.7 Å². The molecule has 2 amide bonds. The predicted molar refractivity (Wildman–Crippen MR) is 91.4 cm³/mol. The number of piperidine rings is 1. The number of aromatic nitrogens is 2. The maximum absolute atomic E-state index is 12.8. The van der Waals surface area contributed by atoms with Crippen molar-refractivity contribution >= 4 is 22.7 Å². The number of nitrogens with zero attached hydrogens (tertiary/aromatic N) is 3. The lowest BCUT2D eigenvalue weighted by Crippen LogP contribution is -2.44. The number of amides is 2.